The van der Waals surface area contributed by atoms with Gasteiger partial charge in [0.05, 0.1) is 0 Å². The number of nitrogens with zero attached hydrogens (tertiary/aromatic N) is 1. The van der Waals surface area contributed by atoms with Gasteiger partial charge in [0.15, 0.2) is 0 Å². The van der Waals surface area contributed by atoms with Crippen molar-refractivity contribution in [1.29, 1.82) is 5.26 Å². The van der Waals surface area contributed by atoms with Gasteiger partial charge in [0.1, 0.15) is 5.81 Å². The summed E-state index contributed by atoms with van der Waals surface area (Å²) >= 11 is 0. The van der Waals surface area contributed by atoms with Crippen LogP contribution in [-0.2, 0) is 9.05 Å². The highest BCUT2D eigenvalue weighted by Gasteiger charge is 1.99. The predicted molar refractivity (Wildman–Crippen MR) is 26.6 cm³/mol. The molecule has 0 aromatic rings. The number of hydrogen-bond acceptors (Lipinski definition) is 3. The summed E-state index contributed by atoms with van der Waals surface area (Å²) in [4.78, 5) is 0. The van der Waals surface area contributed by atoms with E-state index >= 15 is 0 Å². The molecule has 40 valence electrons. The highest BCUT2D eigenvalue weighted by Crippen LogP contribution is 2.32. The van der Waals surface area contributed by atoms with Gasteiger partial charge in [-0.2, -0.15) is 5.26 Å². The van der Waals surface area contributed by atoms with E-state index in [9.17, 15) is 0 Å². The molecule has 0 bridgehead atoms. The molecule has 0 saturated carbocycles. The van der Waals surface area contributed by atoms with Gasteiger partial charge in [0.25, 0.3) is 8.38 Å². The normalized spacial score (nSPS) is 8.86. The van der Waals surface area contributed by atoms with Crippen LogP contribution in [0.15, 0.2) is 0 Å². The second-order valence-corrected chi connectivity index (χ2v) is 2.17. The molecule has 0 aliphatic heterocycles. The lowest BCUT2D eigenvalue weighted by molar-refractivity contribution is 0.350. The number of nitriles is 1. The van der Waals surface area contributed by atoms with Crippen molar-refractivity contribution in [2.75, 3.05) is 14.2 Å². The highest BCUT2D eigenvalue weighted by atomic mass is 31.2. The molecule has 0 amide bonds. The Morgan fingerprint density at radius 1 is 1.43 bits per heavy atom. The zero-order chi connectivity index (χ0) is 5.70. The first-order valence-corrected chi connectivity index (χ1v) is 2.81. The standard InChI is InChI=1S/C3H6NO2P/c1-5-7(3-4)6-2/h1-2H3. The van der Waals surface area contributed by atoms with E-state index in [-0.39, 0.29) is 0 Å². The van der Waals surface area contributed by atoms with Crippen molar-refractivity contribution < 1.29 is 9.05 Å². The lowest BCUT2D eigenvalue weighted by atomic mass is 11.8. The Kier molecular flexibility index (Phi) is 3.92. The van der Waals surface area contributed by atoms with Crippen LogP contribution in [0.4, 0.5) is 0 Å². The van der Waals surface area contributed by atoms with Crippen molar-refractivity contribution in [1.82, 2.24) is 0 Å². The van der Waals surface area contributed by atoms with E-state index in [1.165, 1.54) is 14.2 Å². The first-order valence-electron chi connectivity index (χ1n) is 1.63. The van der Waals surface area contributed by atoms with Gasteiger partial charge in [-0.25, -0.2) is 0 Å². The fourth-order valence-electron chi connectivity index (χ4n) is 0.156. The second kappa shape index (κ2) is 4.01. The van der Waals surface area contributed by atoms with Crippen molar-refractivity contribution in [3.63, 3.8) is 0 Å². The minimum Gasteiger partial charge on any atom is -0.327 e. The van der Waals surface area contributed by atoms with E-state index in [1.807, 2.05) is 5.81 Å². The van der Waals surface area contributed by atoms with Crippen LogP contribution < -0.4 is 0 Å². The van der Waals surface area contributed by atoms with Crippen molar-refractivity contribution >= 4 is 8.38 Å². The average molecular weight is 119 g/mol. The third-order valence-electron chi connectivity index (χ3n) is 0.413. The second-order valence-electron chi connectivity index (χ2n) is 0.722. The molecule has 0 aromatic heterocycles. The van der Waals surface area contributed by atoms with E-state index in [4.69, 9.17) is 5.26 Å². The Morgan fingerprint density at radius 3 is 1.86 bits per heavy atom. The molecule has 7 heavy (non-hydrogen) atoms. The van der Waals surface area contributed by atoms with Gasteiger partial charge in [0, 0.05) is 14.2 Å². The minimum absolute atomic E-state index is 1.25. The van der Waals surface area contributed by atoms with E-state index in [2.05, 4.69) is 9.05 Å². The van der Waals surface area contributed by atoms with E-state index in [0.29, 0.717) is 0 Å². The highest BCUT2D eigenvalue weighted by molar-refractivity contribution is 7.52. The third kappa shape index (κ3) is 2.52. The smallest absolute Gasteiger partial charge is 0.284 e. The fraction of sp³-hybridized carbons (Fsp3) is 0.667. The lowest BCUT2D eigenvalue weighted by Gasteiger charge is -1.97. The van der Waals surface area contributed by atoms with Gasteiger partial charge in [-0.3, -0.25) is 0 Å². The molecular formula is C3H6NO2P. The average Bonchev–Trinajstić information content (AvgIpc) is 1.72. The first kappa shape index (κ1) is 6.84. The molecule has 0 aliphatic rings. The van der Waals surface area contributed by atoms with Gasteiger partial charge in [-0.1, -0.05) is 0 Å². The molecule has 0 fully saturated rings. The topological polar surface area (TPSA) is 42.2 Å². The minimum atomic E-state index is -1.25. The van der Waals surface area contributed by atoms with E-state index in [1.54, 1.807) is 0 Å². The maximum absolute atomic E-state index is 8.05. The van der Waals surface area contributed by atoms with Crippen LogP contribution in [-0.4, -0.2) is 14.2 Å². The summed E-state index contributed by atoms with van der Waals surface area (Å²) < 4.78 is 9.06. The molecular weight excluding hydrogens is 113 g/mol. The summed E-state index contributed by atoms with van der Waals surface area (Å²) in [6, 6.07) is 0. The maximum Gasteiger partial charge on any atom is 0.284 e. The number of hydrogen-bond donors (Lipinski definition) is 0. The molecule has 0 spiro atoms. The lowest BCUT2D eigenvalue weighted by Crippen LogP contribution is -1.74. The molecule has 0 aliphatic carbocycles. The Balaban J connectivity index is 3.23. The molecule has 4 heteroatoms. The maximum atomic E-state index is 8.05. The Morgan fingerprint density at radius 2 is 1.86 bits per heavy atom. The van der Waals surface area contributed by atoms with Crippen molar-refractivity contribution in [2.24, 2.45) is 0 Å². The van der Waals surface area contributed by atoms with Gasteiger partial charge < -0.3 is 9.05 Å². The summed E-state index contributed by atoms with van der Waals surface area (Å²) in [5.41, 5.74) is 0. The van der Waals surface area contributed by atoms with E-state index < -0.39 is 8.38 Å². The molecule has 0 rings (SSSR count). The molecule has 3 nitrogen and oxygen atoms in total. The van der Waals surface area contributed by atoms with Gasteiger partial charge in [-0.05, 0) is 0 Å². The van der Waals surface area contributed by atoms with Crippen molar-refractivity contribution in [3.8, 4) is 5.81 Å². The Bertz CT molecular complexity index is 75.5. The SMILES string of the molecule is COP(C#N)OC. The van der Waals surface area contributed by atoms with Crippen LogP contribution in [0.1, 0.15) is 0 Å². The molecule has 0 radical (unpaired) electrons. The monoisotopic (exact) mass is 119 g/mol. The largest absolute Gasteiger partial charge is 0.327 e. The third-order valence-corrected chi connectivity index (χ3v) is 1.24. The van der Waals surface area contributed by atoms with Crippen molar-refractivity contribution in [2.45, 2.75) is 0 Å². The summed E-state index contributed by atoms with van der Waals surface area (Å²) in [5.74, 6) is 1.82. The molecule has 0 saturated heterocycles. The van der Waals surface area contributed by atoms with Crippen LogP contribution in [0.5, 0.6) is 0 Å². The summed E-state index contributed by atoms with van der Waals surface area (Å²) in [7, 11) is 1.64. The Hall–Kier alpha value is -0.160. The van der Waals surface area contributed by atoms with Gasteiger partial charge >= 0.3 is 0 Å². The van der Waals surface area contributed by atoms with Crippen LogP contribution >= 0.6 is 8.38 Å². The molecule has 0 atom stereocenters. The first-order chi connectivity index (χ1) is 3.35. The number of rotatable bonds is 2. The molecule has 0 aromatic carbocycles. The van der Waals surface area contributed by atoms with Crippen LogP contribution in [0.3, 0.4) is 0 Å². The fourth-order valence-corrected chi connectivity index (χ4v) is 0.469. The molecule has 0 N–H and O–H groups in total. The quantitative estimate of drug-likeness (QED) is 0.510. The van der Waals surface area contributed by atoms with Gasteiger partial charge in [-0.15, -0.1) is 0 Å². The van der Waals surface area contributed by atoms with Crippen molar-refractivity contribution in [3.05, 3.63) is 0 Å². The Labute approximate surface area is 43.8 Å². The van der Waals surface area contributed by atoms with E-state index in [0.717, 1.165) is 0 Å². The summed E-state index contributed by atoms with van der Waals surface area (Å²) in [5, 5.41) is 8.05. The zero-order valence-corrected chi connectivity index (χ0v) is 5.11. The van der Waals surface area contributed by atoms with Crippen LogP contribution in [0.25, 0.3) is 0 Å². The molecule has 0 unspecified atom stereocenters. The summed E-state index contributed by atoms with van der Waals surface area (Å²) in [6.07, 6.45) is 0. The summed E-state index contributed by atoms with van der Waals surface area (Å²) in [6.45, 7) is 0. The van der Waals surface area contributed by atoms with Crippen LogP contribution in [0.2, 0.25) is 0 Å². The van der Waals surface area contributed by atoms with Gasteiger partial charge in [0.2, 0.25) is 0 Å². The predicted octanol–water partition coefficient (Wildman–Crippen LogP) is 1.07. The zero-order valence-electron chi connectivity index (χ0n) is 4.21. The van der Waals surface area contributed by atoms with Crippen LogP contribution in [0, 0.1) is 11.1 Å². The molecule has 0 heterocycles.